The van der Waals surface area contributed by atoms with Gasteiger partial charge in [0.25, 0.3) is 0 Å². The van der Waals surface area contributed by atoms with Gasteiger partial charge in [0.1, 0.15) is 17.9 Å². The molecule has 0 amide bonds. The minimum absolute atomic E-state index is 0.144. The van der Waals surface area contributed by atoms with Crippen molar-refractivity contribution in [1.82, 2.24) is 0 Å². The first-order valence-corrected chi connectivity index (χ1v) is 12.4. The van der Waals surface area contributed by atoms with Gasteiger partial charge in [0.05, 0.1) is 48.2 Å². The number of methoxy groups -OCH3 is 6. The fourth-order valence-electron chi connectivity index (χ4n) is 4.67. The number of phenols is 1. The normalized spacial score (nSPS) is 10.6. The number of hydrogen-bond acceptors (Lipinski definition) is 10. The zero-order valence-electron chi connectivity index (χ0n) is 23.5. The molecule has 214 valence electrons. The Kier molecular flexibility index (Phi) is 8.72. The Morgan fingerprint density at radius 3 is 1.90 bits per heavy atom. The van der Waals surface area contributed by atoms with Crippen molar-refractivity contribution in [2.75, 3.05) is 42.7 Å². The molecule has 0 saturated heterocycles. The predicted octanol–water partition coefficient (Wildman–Crippen LogP) is 5.40. The van der Waals surface area contributed by atoms with Crippen LogP contribution < -0.4 is 23.7 Å². The largest absolute Gasteiger partial charge is 0.506 e. The molecular weight excluding hydrogens is 532 g/mol. The molecule has 0 bridgehead atoms. The van der Waals surface area contributed by atoms with E-state index >= 15 is 0 Å². The summed E-state index contributed by atoms with van der Waals surface area (Å²) < 4.78 is 38.5. The molecule has 4 rings (SSSR count). The number of ether oxygens (including phenoxy) is 7. The third-order valence-electron chi connectivity index (χ3n) is 6.54. The van der Waals surface area contributed by atoms with E-state index in [1.807, 2.05) is 30.3 Å². The monoisotopic (exact) mass is 562 g/mol. The van der Waals surface area contributed by atoms with E-state index in [0.717, 1.165) is 12.7 Å². The molecular formula is C31H30O10. The summed E-state index contributed by atoms with van der Waals surface area (Å²) in [6.45, 7) is 0.239. The maximum Gasteiger partial charge on any atom is 0.342 e. The number of rotatable bonds is 10. The minimum Gasteiger partial charge on any atom is -0.506 e. The van der Waals surface area contributed by atoms with Crippen LogP contribution in [0.4, 0.5) is 0 Å². The van der Waals surface area contributed by atoms with Crippen molar-refractivity contribution < 1.29 is 47.9 Å². The number of carbonyl (C=O) groups is 2. The molecule has 0 aliphatic carbocycles. The van der Waals surface area contributed by atoms with Crippen LogP contribution in [-0.4, -0.2) is 59.7 Å². The number of esters is 2. The Labute approximate surface area is 236 Å². The quantitative estimate of drug-likeness (QED) is 0.252. The van der Waals surface area contributed by atoms with Crippen molar-refractivity contribution in [3.8, 4) is 45.6 Å². The molecule has 0 aliphatic heterocycles. The van der Waals surface area contributed by atoms with Crippen molar-refractivity contribution in [2.45, 2.75) is 6.61 Å². The van der Waals surface area contributed by atoms with E-state index in [1.54, 1.807) is 18.2 Å². The summed E-state index contributed by atoms with van der Waals surface area (Å²) >= 11 is 0. The second-order valence-electron chi connectivity index (χ2n) is 8.66. The molecule has 0 unspecified atom stereocenters. The molecule has 4 aromatic rings. The van der Waals surface area contributed by atoms with Crippen LogP contribution in [0.2, 0.25) is 0 Å². The van der Waals surface area contributed by atoms with Gasteiger partial charge in [-0.25, -0.2) is 9.59 Å². The molecule has 41 heavy (non-hydrogen) atoms. The summed E-state index contributed by atoms with van der Waals surface area (Å²) in [5.41, 5.74) is 0.925. The van der Waals surface area contributed by atoms with E-state index in [4.69, 9.17) is 33.2 Å². The molecule has 0 heterocycles. The van der Waals surface area contributed by atoms with Gasteiger partial charge in [0.15, 0.2) is 23.0 Å². The Morgan fingerprint density at radius 2 is 1.32 bits per heavy atom. The molecule has 0 radical (unpaired) electrons. The van der Waals surface area contributed by atoms with Gasteiger partial charge >= 0.3 is 11.9 Å². The molecule has 1 N–H and O–H groups in total. The lowest BCUT2D eigenvalue weighted by molar-refractivity contribution is 0.0553. The molecule has 10 nitrogen and oxygen atoms in total. The number of hydrogen-bond donors (Lipinski definition) is 1. The number of fused-ring (bicyclic) bond motifs is 1. The zero-order valence-corrected chi connectivity index (χ0v) is 23.5. The Morgan fingerprint density at radius 1 is 0.683 bits per heavy atom. The van der Waals surface area contributed by atoms with Crippen LogP contribution >= 0.6 is 0 Å². The van der Waals surface area contributed by atoms with Crippen LogP contribution in [0.25, 0.3) is 21.9 Å². The molecule has 0 fully saturated rings. The first kappa shape index (κ1) is 28.9. The van der Waals surface area contributed by atoms with Crippen LogP contribution in [0.5, 0.6) is 34.5 Å². The van der Waals surface area contributed by atoms with Crippen molar-refractivity contribution >= 4 is 22.7 Å². The highest BCUT2D eigenvalue weighted by Gasteiger charge is 2.34. The van der Waals surface area contributed by atoms with Crippen LogP contribution in [0, 0.1) is 0 Å². The first-order valence-electron chi connectivity index (χ1n) is 12.4. The Bertz CT molecular complexity index is 1590. The standard InChI is InChI=1S/C31H30O10/c1-35-20-13-12-18(14-21(20)41-16-17-10-8-7-9-11-17)23-24-19(15-22(36-2)28(37-3)29(24)38-4)27(32)26(31(34)40-6)25(23)30(33)39-5/h7-15,32H,16H2,1-6H3. The van der Waals surface area contributed by atoms with E-state index in [-0.39, 0.29) is 45.8 Å². The summed E-state index contributed by atoms with van der Waals surface area (Å²) in [5, 5.41) is 11.8. The summed E-state index contributed by atoms with van der Waals surface area (Å²) in [7, 11) is 8.08. The van der Waals surface area contributed by atoms with Gasteiger partial charge in [-0.05, 0) is 29.3 Å². The Hall–Kier alpha value is -5.12. The van der Waals surface area contributed by atoms with Gasteiger partial charge in [-0.3, -0.25) is 0 Å². The highest BCUT2D eigenvalue weighted by molar-refractivity contribution is 6.20. The summed E-state index contributed by atoms with van der Waals surface area (Å²) in [6, 6.07) is 16.1. The maximum atomic E-state index is 13.3. The fourth-order valence-corrected chi connectivity index (χ4v) is 4.67. The molecule has 0 aliphatic rings. The number of benzene rings is 4. The van der Waals surface area contributed by atoms with Gasteiger partial charge in [0, 0.05) is 16.3 Å². The molecule has 0 aromatic heterocycles. The fraction of sp³-hybridized carbons (Fsp3) is 0.226. The predicted molar refractivity (Wildman–Crippen MR) is 151 cm³/mol. The lowest BCUT2D eigenvalue weighted by atomic mass is 9.87. The third-order valence-corrected chi connectivity index (χ3v) is 6.54. The third kappa shape index (κ3) is 5.23. The SMILES string of the molecule is COC(=O)c1c(C(=O)OC)c(-c2ccc(OC)c(OCc3ccccc3)c2)c2c(OC)c(OC)c(OC)cc2c1O. The van der Waals surface area contributed by atoms with E-state index in [2.05, 4.69) is 0 Å². The van der Waals surface area contributed by atoms with E-state index in [1.165, 1.54) is 41.6 Å². The van der Waals surface area contributed by atoms with Crippen molar-refractivity contribution in [2.24, 2.45) is 0 Å². The van der Waals surface area contributed by atoms with Gasteiger partial charge < -0.3 is 38.3 Å². The van der Waals surface area contributed by atoms with Crippen molar-refractivity contribution in [3.63, 3.8) is 0 Å². The van der Waals surface area contributed by atoms with Gasteiger partial charge in [-0.15, -0.1) is 0 Å². The summed E-state index contributed by atoms with van der Waals surface area (Å²) in [6.07, 6.45) is 0. The van der Waals surface area contributed by atoms with Gasteiger partial charge in [-0.1, -0.05) is 36.4 Å². The molecule has 0 saturated carbocycles. The lowest BCUT2D eigenvalue weighted by Gasteiger charge is -2.22. The van der Waals surface area contributed by atoms with Gasteiger partial charge in [0.2, 0.25) is 5.75 Å². The molecule has 0 atom stereocenters. The molecule has 10 heteroatoms. The highest BCUT2D eigenvalue weighted by atomic mass is 16.5. The minimum atomic E-state index is -0.950. The van der Waals surface area contributed by atoms with Crippen molar-refractivity contribution in [1.29, 1.82) is 0 Å². The lowest BCUT2D eigenvalue weighted by Crippen LogP contribution is -2.15. The van der Waals surface area contributed by atoms with Crippen molar-refractivity contribution in [3.05, 3.63) is 71.3 Å². The van der Waals surface area contributed by atoms with Crippen LogP contribution in [0.1, 0.15) is 26.3 Å². The van der Waals surface area contributed by atoms with Crippen LogP contribution in [0.3, 0.4) is 0 Å². The van der Waals surface area contributed by atoms with Crippen LogP contribution in [-0.2, 0) is 16.1 Å². The number of carbonyl (C=O) groups excluding carboxylic acids is 2. The molecule has 0 spiro atoms. The maximum absolute atomic E-state index is 13.3. The second kappa shape index (κ2) is 12.4. The van der Waals surface area contributed by atoms with Gasteiger partial charge in [-0.2, -0.15) is 0 Å². The summed E-state index contributed by atoms with van der Waals surface area (Å²) in [4.78, 5) is 26.4. The highest BCUT2D eigenvalue weighted by Crippen LogP contribution is 2.52. The summed E-state index contributed by atoms with van der Waals surface area (Å²) in [5.74, 6) is -0.983. The Balaban J connectivity index is 2.14. The van der Waals surface area contributed by atoms with E-state index in [9.17, 15) is 14.7 Å². The van der Waals surface area contributed by atoms with E-state index < -0.39 is 23.3 Å². The van der Waals surface area contributed by atoms with E-state index in [0.29, 0.717) is 17.1 Å². The topological polar surface area (TPSA) is 119 Å². The number of aromatic hydroxyl groups is 1. The second-order valence-corrected chi connectivity index (χ2v) is 8.66. The molecule has 4 aromatic carbocycles. The smallest absolute Gasteiger partial charge is 0.342 e. The number of phenolic OH excluding ortho intramolecular Hbond substituents is 1. The first-order chi connectivity index (χ1) is 19.8. The van der Waals surface area contributed by atoms with Crippen LogP contribution in [0.15, 0.2) is 54.6 Å². The average Bonchev–Trinajstić information content (AvgIpc) is 3.02. The average molecular weight is 563 g/mol. The zero-order chi connectivity index (χ0) is 29.7.